The summed E-state index contributed by atoms with van der Waals surface area (Å²) in [5.74, 6) is -0.184. The molecule has 18 heavy (non-hydrogen) atoms. The predicted octanol–water partition coefficient (Wildman–Crippen LogP) is 3.70. The molecule has 1 aromatic heterocycles. The number of hydrogen-bond donors (Lipinski definition) is 1. The van der Waals surface area contributed by atoms with Gasteiger partial charge in [0.15, 0.2) is 0 Å². The summed E-state index contributed by atoms with van der Waals surface area (Å²) in [7, 11) is 0. The highest BCUT2D eigenvalue weighted by molar-refractivity contribution is 7.09. The van der Waals surface area contributed by atoms with Crippen molar-refractivity contribution in [1.29, 1.82) is 0 Å². The SMILES string of the molecule is CC(N)c1nc(C(=O)c2ccc(Cl)c(Cl)c2)cs1. The van der Waals surface area contributed by atoms with Crippen LogP contribution in [0.25, 0.3) is 0 Å². The zero-order chi connectivity index (χ0) is 13.3. The normalized spacial score (nSPS) is 12.4. The number of carbonyl (C=O) groups is 1. The first kappa shape index (κ1) is 13.5. The molecule has 0 saturated carbocycles. The fourth-order valence-corrected chi connectivity index (χ4v) is 2.44. The fourth-order valence-electron chi connectivity index (χ4n) is 1.39. The largest absolute Gasteiger partial charge is 0.322 e. The van der Waals surface area contributed by atoms with Gasteiger partial charge in [-0.15, -0.1) is 11.3 Å². The van der Waals surface area contributed by atoms with Gasteiger partial charge in [0.25, 0.3) is 0 Å². The van der Waals surface area contributed by atoms with E-state index in [0.29, 0.717) is 21.3 Å². The third kappa shape index (κ3) is 2.72. The van der Waals surface area contributed by atoms with Gasteiger partial charge in [-0.1, -0.05) is 23.2 Å². The minimum absolute atomic E-state index is 0.176. The van der Waals surface area contributed by atoms with Crippen LogP contribution < -0.4 is 5.73 Å². The Morgan fingerprint density at radius 3 is 2.67 bits per heavy atom. The van der Waals surface area contributed by atoms with E-state index in [4.69, 9.17) is 28.9 Å². The second-order valence-corrected chi connectivity index (χ2v) is 5.52. The highest BCUT2D eigenvalue weighted by Crippen LogP contribution is 2.24. The van der Waals surface area contributed by atoms with Crippen molar-refractivity contribution in [2.75, 3.05) is 0 Å². The molecular weight excluding hydrogens is 291 g/mol. The van der Waals surface area contributed by atoms with Gasteiger partial charge in [0.05, 0.1) is 16.1 Å². The molecule has 0 bridgehead atoms. The van der Waals surface area contributed by atoms with Gasteiger partial charge in [-0.2, -0.15) is 0 Å². The van der Waals surface area contributed by atoms with Crippen LogP contribution in [0.2, 0.25) is 10.0 Å². The van der Waals surface area contributed by atoms with E-state index in [1.165, 1.54) is 17.4 Å². The lowest BCUT2D eigenvalue weighted by atomic mass is 10.1. The van der Waals surface area contributed by atoms with Gasteiger partial charge in [0.1, 0.15) is 10.7 Å². The molecule has 0 radical (unpaired) electrons. The van der Waals surface area contributed by atoms with Crippen molar-refractivity contribution in [3.05, 3.63) is 49.9 Å². The first-order valence-electron chi connectivity index (χ1n) is 5.20. The smallest absolute Gasteiger partial charge is 0.212 e. The second kappa shape index (κ2) is 5.36. The van der Waals surface area contributed by atoms with E-state index in [0.717, 1.165) is 5.01 Å². The van der Waals surface area contributed by atoms with Crippen molar-refractivity contribution in [3.63, 3.8) is 0 Å². The highest BCUT2D eigenvalue weighted by atomic mass is 35.5. The minimum atomic E-state index is -0.184. The second-order valence-electron chi connectivity index (χ2n) is 3.82. The van der Waals surface area contributed by atoms with E-state index in [2.05, 4.69) is 4.98 Å². The molecule has 2 N–H and O–H groups in total. The lowest BCUT2D eigenvalue weighted by Crippen LogP contribution is -2.06. The molecule has 6 heteroatoms. The van der Waals surface area contributed by atoms with Gasteiger partial charge >= 0.3 is 0 Å². The Morgan fingerprint density at radius 2 is 2.11 bits per heavy atom. The Kier molecular flexibility index (Phi) is 4.02. The molecule has 2 aromatic rings. The Bertz CT molecular complexity index is 596. The number of aromatic nitrogens is 1. The van der Waals surface area contributed by atoms with Crippen LogP contribution in [-0.2, 0) is 0 Å². The summed E-state index contributed by atoms with van der Waals surface area (Å²) in [6, 6.07) is 4.58. The van der Waals surface area contributed by atoms with Crippen LogP contribution in [0.4, 0.5) is 0 Å². The fraction of sp³-hybridized carbons (Fsp3) is 0.167. The summed E-state index contributed by atoms with van der Waals surface area (Å²) in [5.41, 5.74) is 6.55. The summed E-state index contributed by atoms with van der Waals surface area (Å²) in [6.07, 6.45) is 0. The quantitative estimate of drug-likeness (QED) is 0.879. The van der Waals surface area contributed by atoms with Crippen LogP contribution in [0.5, 0.6) is 0 Å². The van der Waals surface area contributed by atoms with Crippen LogP contribution in [-0.4, -0.2) is 10.8 Å². The third-order valence-corrected chi connectivity index (χ3v) is 4.11. The van der Waals surface area contributed by atoms with Gasteiger partial charge in [0, 0.05) is 10.9 Å². The molecule has 94 valence electrons. The summed E-state index contributed by atoms with van der Waals surface area (Å²) >= 11 is 13.1. The number of halogens is 2. The van der Waals surface area contributed by atoms with E-state index >= 15 is 0 Å². The van der Waals surface area contributed by atoms with Crippen molar-refractivity contribution < 1.29 is 4.79 Å². The van der Waals surface area contributed by atoms with Gasteiger partial charge in [0.2, 0.25) is 5.78 Å². The molecule has 0 amide bonds. The maximum absolute atomic E-state index is 12.1. The first-order chi connectivity index (χ1) is 8.49. The summed E-state index contributed by atoms with van der Waals surface area (Å²) in [5, 5.41) is 3.20. The van der Waals surface area contributed by atoms with E-state index in [1.54, 1.807) is 17.5 Å². The van der Waals surface area contributed by atoms with E-state index < -0.39 is 0 Å². The molecule has 0 aliphatic heterocycles. The molecule has 0 aliphatic carbocycles. The first-order valence-corrected chi connectivity index (χ1v) is 6.83. The molecule has 0 saturated heterocycles. The Balaban J connectivity index is 2.32. The molecule has 0 aliphatic rings. The van der Waals surface area contributed by atoms with Crippen LogP contribution >= 0.6 is 34.5 Å². The lowest BCUT2D eigenvalue weighted by molar-refractivity contribution is 0.103. The van der Waals surface area contributed by atoms with Gasteiger partial charge in [-0.05, 0) is 25.1 Å². The van der Waals surface area contributed by atoms with Crippen molar-refractivity contribution in [3.8, 4) is 0 Å². The van der Waals surface area contributed by atoms with Gasteiger partial charge in [-0.25, -0.2) is 4.98 Å². The zero-order valence-electron chi connectivity index (χ0n) is 9.48. The average Bonchev–Trinajstić information content (AvgIpc) is 2.81. The number of ketones is 1. The number of hydrogen-bond acceptors (Lipinski definition) is 4. The molecule has 1 unspecified atom stereocenters. The van der Waals surface area contributed by atoms with Crippen LogP contribution in [0.1, 0.15) is 34.0 Å². The van der Waals surface area contributed by atoms with Crippen LogP contribution in [0.15, 0.2) is 23.6 Å². The van der Waals surface area contributed by atoms with Crippen LogP contribution in [0.3, 0.4) is 0 Å². The predicted molar refractivity (Wildman–Crippen MR) is 74.6 cm³/mol. The monoisotopic (exact) mass is 300 g/mol. The number of nitrogens with two attached hydrogens (primary N) is 1. The maximum atomic E-state index is 12.1. The van der Waals surface area contributed by atoms with Gasteiger partial charge in [-0.3, -0.25) is 4.79 Å². The van der Waals surface area contributed by atoms with E-state index in [-0.39, 0.29) is 11.8 Å². The third-order valence-electron chi connectivity index (χ3n) is 2.33. The van der Waals surface area contributed by atoms with Crippen LogP contribution in [0, 0.1) is 0 Å². The molecule has 1 aromatic carbocycles. The van der Waals surface area contributed by atoms with E-state index in [1.807, 2.05) is 6.92 Å². The molecule has 0 spiro atoms. The van der Waals surface area contributed by atoms with Crippen molar-refractivity contribution >= 4 is 40.3 Å². The number of thiazole rings is 1. The molecule has 1 atom stereocenters. The van der Waals surface area contributed by atoms with Crippen molar-refractivity contribution in [2.45, 2.75) is 13.0 Å². The Morgan fingerprint density at radius 1 is 1.39 bits per heavy atom. The number of nitrogens with zero attached hydrogens (tertiary/aromatic N) is 1. The Hall–Kier alpha value is -0.940. The van der Waals surface area contributed by atoms with E-state index in [9.17, 15) is 4.79 Å². The molecule has 3 nitrogen and oxygen atoms in total. The topological polar surface area (TPSA) is 56.0 Å². The maximum Gasteiger partial charge on any atom is 0.212 e. The lowest BCUT2D eigenvalue weighted by Gasteiger charge is -2.01. The highest BCUT2D eigenvalue weighted by Gasteiger charge is 2.15. The summed E-state index contributed by atoms with van der Waals surface area (Å²) in [4.78, 5) is 16.4. The standard InChI is InChI=1S/C12H10Cl2N2OS/c1-6(15)12-16-10(5-18-12)11(17)7-2-3-8(13)9(14)4-7/h2-6H,15H2,1H3. The van der Waals surface area contributed by atoms with Crippen molar-refractivity contribution in [2.24, 2.45) is 5.73 Å². The zero-order valence-corrected chi connectivity index (χ0v) is 11.8. The van der Waals surface area contributed by atoms with Crippen molar-refractivity contribution in [1.82, 2.24) is 4.98 Å². The molecular formula is C12H10Cl2N2OS. The average molecular weight is 301 g/mol. The number of rotatable bonds is 3. The summed E-state index contributed by atoms with van der Waals surface area (Å²) < 4.78 is 0. The summed E-state index contributed by atoms with van der Waals surface area (Å²) in [6.45, 7) is 1.83. The number of benzene rings is 1. The van der Waals surface area contributed by atoms with Gasteiger partial charge < -0.3 is 5.73 Å². The minimum Gasteiger partial charge on any atom is -0.322 e. The molecule has 0 fully saturated rings. The molecule has 2 rings (SSSR count). The Labute approximate surface area is 119 Å². The molecule has 1 heterocycles. The number of carbonyl (C=O) groups excluding carboxylic acids is 1.